The molecule has 2 N–H and O–H groups in total. The smallest absolute Gasteiger partial charge is 0.140 e. The van der Waals surface area contributed by atoms with E-state index in [-0.39, 0.29) is 5.75 Å². The number of fused-ring (bicyclic) bond motifs is 1. The quantitative estimate of drug-likeness (QED) is 0.739. The molecule has 1 aliphatic rings. The Morgan fingerprint density at radius 1 is 1.25 bits per heavy atom. The van der Waals surface area contributed by atoms with Crippen LogP contribution in [0.5, 0.6) is 5.75 Å². The van der Waals surface area contributed by atoms with Crippen molar-refractivity contribution in [2.75, 3.05) is 0 Å². The van der Waals surface area contributed by atoms with Crippen LogP contribution < -0.4 is 0 Å². The van der Waals surface area contributed by atoms with Gasteiger partial charge in [-0.2, -0.15) is 0 Å². The second-order valence-corrected chi connectivity index (χ2v) is 4.90. The first-order valence-corrected chi connectivity index (χ1v) is 6.20. The van der Waals surface area contributed by atoms with E-state index in [9.17, 15) is 10.2 Å². The van der Waals surface area contributed by atoms with Crippen LogP contribution in [0.15, 0.2) is 6.07 Å². The van der Waals surface area contributed by atoms with E-state index in [1.165, 1.54) is 12.0 Å². The molecule has 0 spiro atoms. The number of aliphatic hydroxyl groups is 1. The van der Waals surface area contributed by atoms with Crippen LogP contribution in [0.25, 0.3) is 0 Å². The number of halogens is 1. The Balaban J connectivity index is 2.60. The number of hydrogen-bond acceptors (Lipinski definition) is 2. The van der Waals surface area contributed by atoms with Crippen LogP contribution in [0.2, 0.25) is 5.02 Å². The van der Waals surface area contributed by atoms with E-state index < -0.39 is 6.10 Å². The fraction of sp³-hybridized carbons (Fsp3) is 0.538. The number of aromatic hydroxyl groups is 1. The summed E-state index contributed by atoms with van der Waals surface area (Å²) in [6.07, 6.45) is 4.74. The molecule has 16 heavy (non-hydrogen) atoms. The van der Waals surface area contributed by atoms with Gasteiger partial charge in [0, 0.05) is 5.56 Å². The van der Waals surface area contributed by atoms with Crippen LogP contribution in [0.4, 0.5) is 0 Å². The molecular formula is C13H17ClO2. The van der Waals surface area contributed by atoms with Crippen molar-refractivity contribution in [1.29, 1.82) is 0 Å². The standard InChI is InChI=1S/C13H17ClO2/c1-8(15)12-10-6-4-2-3-5-9(10)7-11(14)13(12)16/h7-8,15-16H,2-6H2,1H3. The van der Waals surface area contributed by atoms with E-state index in [2.05, 4.69) is 0 Å². The predicted octanol–water partition coefficient (Wildman–Crippen LogP) is 3.37. The zero-order valence-electron chi connectivity index (χ0n) is 9.46. The average molecular weight is 241 g/mol. The van der Waals surface area contributed by atoms with Gasteiger partial charge in [0.2, 0.25) is 0 Å². The van der Waals surface area contributed by atoms with Crippen molar-refractivity contribution < 1.29 is 10.2 Å². The van der Waals surface area contributed by atoms with Crippen molar-refractivity contribution in [3.8, 4) is 5.75 Å². The van der Waals surface area contributed by atoms with Crippen molar-refractivity contribution in [2.24, 2.45) is 0 Å². The van der Waals surface area contributed by atoms with Crippen LogP contribution in [0.3, 0.4) is 0 Å². The Kier molecular flexibility index (Phi) is 3.41. The molecule has 0 saturated heterocycles. The number of phenolic OH excluding ortho intramolecular Hbond substituents is 1. The van der Waals surface area contributed by atoms with Gasteiger partial charge in [-0.05, 0) is 49.8 Å². The van der Waals surface area contributed by atoms with E-state index in [0.29, 0.717) is 10.6 Å². The zero-order chi connectivity index (χ0) is 11.7. The maximum atomic E-state index is 9.92. The molecule has 2 nitrogen and oxygen atoms in total. The second-order valence-electron chi connectivity index (χ2n) is 4.49. The lowest BCUT2D eigenvalue weighted by Gasteiger charge is -2.17. The SMILES string of the molecule is CC(O)c1c(O)c(Cl)cc2c1CCCCC2. The summed E-state index contributed by atoms with van der Waals surface area (Å²) in [7, 11) is 0. The lowest BCUT2D eigenvalue weighted by Crippen LogP contribution is -2.03. The number of aryl methyl sites for hydroxylation is 1. The van der Waals surface area contributed by atoms with Gasteiger partial charge < -0.3 is 10.2 Å². The third-order valence-corrected chi connectivity index (χ3v) is 3.57. The highest BCUT2D eigenvalue weighted by Crippen LogP contribution is 2.39. The lowest BCUT2D eigenvalue weighted by molar-refractivity contribution is 0.193. The van der Waals surface area contributed by atoms with Gasteiger partial charge in [-0.3, -0.25) is 0 Å². The normalized spacial score (nSPS) is 17.7. The van der Waals surface area contributed by atoms with Gasteiger partial charge in [0.05, 0.1) is 11.1 Å². The molecule has 0 aliphatic heterocycles. The van der Waals surface area contributed by atoms with Crippen molar-refractivity contribution >= 4 is 11.6 Å². The number of hydrogen-bond donors (Lipinski definition) is 2. The lowest BCUT2D eigenvalue weighted by atomic mass is 9.93. The molecule has 3 heteroatoms. The predicted molar refractivity (Wildman–Crippen MR) is 65.0 cm³/mol. The highest BCUT2D eigenvalue weighted by molar-refractivity contribution is 6.32. The molecular weight excluding hydrogens is 224 g/mol. The summed E-state index contributed by atoms with van der Waals surface area (Å²) in [4.78, 5) is 0. The van der Waals surface area contributed by atoms with Gasteiger partial charge in [0.15, 0.2) is 0 Å². The Morgan fingerprint density at radius 2 is 1.94 bits per heavy atom. The fourth-order valence-corrected chi connectivity index (χ4v) is 2.75. The average Bonchev–Trinajstić information content (AvgIpc) is 2.44. The summed E-state index contributed by atoms with van der Waals surface area (Å²) in [6, 6.07) is 1.85. The summed E-state index contributed by atoms with van der Waals surface area (Å²) >= 11 is 5.99. The summed E-state index contributed by atoms with van der Waals surface area (Å²) in [5, 5.41) is 20.0. The molecule has 0 fully saturated rings. The summed E-state index contributed by atoms with van der Waals surface area (Å²) in [5.41, 5.74) is 2.93. The molecule has 0 bridgehead atoms. The van der Waals surface area contributed by atoms with Crippen LogP contribution in [-0.4, -0.2) is 10.2 Å². The molecule has 2 rings (SSSR count). The topological polar surface area (TPSA) is 40.5 Å². The minimum Gasteiger partial charge on any atom is -0.506 e. The van der Waals surface area contributed by atoms with Gasteiger partial charge in [0.1, 0.15) is 5.75 Å². The summed E-state index contributed by atoms with van der Waals surface area (Å²) in [6.45, 7) is 1.68. The molecule has 0 aromatic heterocycles. The molecule has 88 valence electrons. The van der Waals surface area contributed by atoms with Gasteiger partial charge in [-0.1, -0.05) is 18.0 Å². The first-order chi connectivity index (χ1) is 7.61. The van der Waals surface area contributed by atoms with Crippen molar-refractivity contribution in [1.82, 2.24) is 0 Å². The molecule has 1 aliphatic carbocycles. The molecule has 0 heterocycles. The summed E-state index contributed by atoms with van der Waals surface area (Å²) in [5.74, 6) is 0.0531. The first-order valence-electron chi connectivity index (χ1n) is 5.82. The number of rotatable bonds is 1. The maximum Gasteiger partial charge on any atom is 0.140 e. The van der Waals surface area contributed by atoms with Gasteiger partial charge in [-0.25, -0.2) is 0 Å². The van der Waals surface area contributed by atoms with Gasteiger partial charge in [0.25, 0.3) is 0 Å². The van der Waals surface area contributed by atoms with E-state index in [1.807, 2.05) is 6.07 Å². The Bertz CT molecular complexity index is 399. The summed E-state index contributed by atoms with van der Waals surface area (Å²) < 4.78 is 0. The van der Waals surface area contributed by atoms with E-state index in [0.717, 1.165) is 31.2 Å². The van der Waals surface area contributed by atoms with Gasteiger partial charge >= 0.3 is 0 Å². The molecule has 1 atom stereocenters. The van der Waals surface area contributed by atoms with Crippen molar-refractivity contribution in [3.05, 3.63) is 27.8 Å². The highest BCUT2D eigenvalue weighted by atomic mass is 35.5. The van der Waals surface area contributed by atoms with E-state index in [1.54, 1.807) is 6.92 Å². The Labute approximate surface area is 101 Å². The zero-order valence-corrected chi connectivity index (χ0v) is 10.2. The van der Waals surface area contributed by atoms with Crippen molar-refractivity contribution in [3.63, 3.8) is 0 Å². The first kappa shape index (κ1) is 11.7. The fourth-order valence-electron chi connectivity index (χ4n) is 2.52. The number of phenols is 1. The van der Waals surface area contributed by atoms with Crippen LogP contribution in [-0.2, 0) is 12.8 Å². The molecule has 0 radical (unpaired) electrons. The number of aliphatic hydroxyl groups excluding tert-OH is 1. The van der Waals surface area contributed by atoms with Crippen LogP contribution >= 0.6 is 11.6 Å². The molecule has 0 saturated carbocycles. The highest BCUT2D eigenvalue weighted by Gasteiger charge is 2.21. The van der Waals surface area contributed by atoms with Crippen LogP contribution in [0, 0.1) is 0 Å². The second kappa shape index (κ2) is 4.64. The molecule has 1 unspecified atom stereocenters. The Morgan fingerprint density at radius 3 is 2.62 bits per heavy atom. The molecule has 1 aromatic rings. The van der Waals surface area contributed by atoms with Crippen LogP contribution in [0.1, 0.15) is 49.0 Å². The Hall–Kier alpha value is -0.730. The minimum absolute atomic E-state index is 0.0531. The monoisotopic (exact) mass is 240 g/mol. The number of benzene rings is 1. The third-order valence-electron chi connectivity index (χ3n) is 3.29. The largest absolute Gasteiger partial charge is 0.506 e. The van der Waals surface area contributed by atoms with Gasteiger partial charge in [-0.15, -0.1) is 0 Å². The molecule has 0 amide bonds. The van der Waals surface area contributed by atoms with E-state index in [4.69, 9.17) is 11.6 Å². The third kappa shape index (κ3) is 2.04. The maximum absolute atomic E-state index is 9.92. The van der Waals surface area contributed by atoms with Crippen molar-refractivity contribution in [2.45, 2.75) is 45.1 Å². The minimum atomic E-state index is -0.662. The van der Waals surface area contributed by atoms with E-state index >= 15 is 0 Å². The molecule has 1 aromatic carbocycles.